The van der Waals surface area contributed by atoms with Gasteiger partial charge in [0.2, 0.25) is 0 Å². The van der Waals surface area contributed by atoms with Gasteiger partial charge < -0.3 is 4.52 Å². The van der Waals surface area contributed by atoms with Gasteiger partial charge >= 0.3 is 0 Å². The molecule has 0 unspecified atom stereocenters. The van der Waals surface area contributed by atoms with Crippen LogP contribution in [0.25, 0.3) is 11.3 Å². The Morgan fingerprint density at radius 3 is 3.09 bits per heavy atom. The lowest BCUT2D eigenvalue weighted by molar-refractivity contribution is 0.229. The van der Waals surface area contributed by atoms with Crippen LogP contribution in [0, 0.1) is 5.82 Å². The van der Waals surface area contributed by atoms with E-state index in [9.17, 15) is 4.39 Å². The molecule has 0 amide bonds. The Balaban J connectivity index is 1.62. The fourth-order valence-electron chi connectivity index (χ4n) is 2.90. The molecule has 1 aliphatic heterocycles. The summed E-state index contributed by atoms with van der Waals surface area (Å²) in [5.41, 5.74) is 3.97. The van der Waals surface area contributed by atoms with Gasteiger partial charge in [-0.3, -0.25) is 4.90 Å². The molecule has 1 aromatic carbocycles. The summed E-state index contributed by atoms with van der Waals surface area (Å²) in [6.45, 7) is 2.68. The quantitative estimate of drug-likeness (QED) is 0.729. The van der Waals surface area contributed by atoms with Gasteiger partial charge in [-0.1, -0.05) is 17.3 Å². The summed E-state index contributed by atoms with van der Waals surface area (Å²) in [5.74, 6) is 0.681. The molecule has 4 rings (SSSR count). The number of benzene rings is 1. The van der Waals surface area contributed by atoms with Crippen molar-refractivity contribution in [2.75, 3.05) is 6.54 Å². The van der Waals surface area contributed by atoms with Gasteiger partial charge in [-0.15, -0.1) is 0 Å². The third-order valence-corrected chi connectivity index (χ3v) is 4.72. The highest BCUT2D eigenvalue weighted by Gasteiger charge is 2.25. The van der Waals surface area contributed by atoms with Crippen LogP contribution in [0.3, 0.4) is 0 Å². The van der Waals surface area contributed by atoms with Crippen molar-refractivity contribution in [1.82, 2.24) is 10.1 Å². The van der Waals surface area contributed by atoms with Crippen molar-refractivity contribution >= 4 is 11.3 Å². The Kier molecular flexibility index (Phi) is 3.52. The van der Waals surface area contributed by atoms with E-state index in [2.05, 4.69) is 26.9 Å². The maximum absolute atomic E-state index is 13.5. The van der Waals surface area contributed by atoms with Gasteiger partial charge in [-0.2, -0.15) is 11.3 Å². The van der Waals surface area contributed by atoms with Crippen molar-refractivity contribution in [3.8, 4) is 11.3 Å². The van der Waals surface area contributed by atoms with E-state index in [1.165, 1.54) is 17.7 Å². The Bertz CT molecular complexity index is 782. The molecule has 0 bridgehead atoms. The van der Waals surface area contributed by atoms with Crippen LogP contribution >= 0.6 is 11.3 Å². The van der Waals surface area contributed by atoms with Gasteiger partial charge in [0, 0.05) is 37.2 Å². The molecule has 1 aliphatic rings. The molecule has 0 spiro atoms. The Labute approximate surface area is 132 Å². The lowest BCUT2D eigenvalue weighted by Crippen LogP contribution is -2.29. The number of rotatable bonds is 3. The number of fused-ring (bicyclic) bond motifs is 1. The van der Waals surface area contributed by atoms with Crippen molar-refractivity contribution in [3.63, 3.8) is 0 Å². The lowest BCUT2D eigenvalue weighted by Gasteiger charge is -2.25. The van der Waals surface area contributed by atoms with Crippen LogP contribution in [0.15, 0.2) is 45.6 Å². The summed E-state index contributed by atoms with van der Waals surface area (Å²) in [6.07, 6.45) is 0.849. The third kappa shape index (κ3) is 2.58. The van der Waals surface area contributed by atoms with E-state index in [-0.39, 0.29) is 5.82 Å². The molecule has 0 saturated heterocycles. The second kappa shape index (κ2) is 5.66. The van der Waals surface area contributed by atoms with Crippen LogP contribution in [-0.2, 0) is 19.5 Å². The molecule has 22 heavy (non-hydrogen) atoms. The van der Waals surface area contributed by atoms with Crippen LogP contribution in [-0.4, -0.2) is 16.6 Å². The van der Waals surface area contributed by atoms with Gasteiger partial charge in [0.1, 0.15) is 17.3 Å². The van der Waals surface area contributed by atoms with Gasteiger partial charge in [0.25, 0.3) is 0 Å². The number of hydrogen-bond acceptors (Lipinski definition) is 4. The molecule has 0 saturated carbocycles. The van der Waals surface area contributed by atoms with Gasteiger partial charge in [0.15, 0.2) is 0 Å². The first kappa shape index (κ1) is 13.7. The van der Waals surface area contributed by atoms with Crippen molar-refractivity contribution in [3.05, 3.63) is 63.8 Å². The monoisotopic (exact) mass is 314 g/mol. The Hall–Kier alpha value is -1.98. The van der Waals surface area contributed by atoms with Gasteiger partial charge in [-0.05, 0) is 34.5 Å². The number of halogens is 1. The minimum Gasteiger partial charge on any atom is -0.360 e. The summed E-state index contributed by atoms with van der Waals surface area (Å²) in [7, 11) is 0. The molecule has 3 nitrogen and oxygen atoms in total. The third-order valence-electron chi connectivity index (χ3n) is 3.99. The fraction of sp³-hybridized carbons (Fsp3) is 0.235. The maximum Gasteiger partial charge on any atom is 0.143 e. The minimum absolute atomic E-state index is 0.250. The van der Waals surface area contributed by atoms with E-state index in [1.54, 1.807) is 17.4 Å². The largest absolute Gasteiger partial charge is 0.360 e. The Morgan fingerprint density at radius 2 is 2.27 bits per heavy atom. The van der Waals surface area contributed by atoms with Crippen molar-refractivity contribution in [2.45, 2.75) is 19.5 Å². The van der Waals surface area contributed by atoms with Crippen molar-refractivity contribution in [1.29, 1.82) is 0 Å². The zero-order chi connectivity index (χ0) is 14.9. The highest BCUT2D eigenvalue weighted by Crippen LogP contribution is 2.30. The molecule has 0 aliphatic carbocycles. The molecule has 3 heterocycles. The molecule has 0 radical (unpaired) electrons. The van der Waals surface area contributed by atoms with Crippen LogP contribution in [0.1, 0.15) is 16.9 Å². The smallest absolute Gasteiger partial charge is 0.143 e. The molecule has 0 N–H and O–H groups in total. The first-order chi connectivity index (χ1) is 10.8. The molecular weight excluding hydrogens is 299 g/mol. The Morgan fingerprint density at radius 1 is 1.32 bits per heavy atom. The second-order valence-electron chi connectivity index (χ2n) is 5.54. The van der Waals surface area contributed by atoms with Crippen molar-refractivity contribution in [2.24, 2.45) is 0 Å². The SMILES string of the molecule is Fc1cccc(-c2noc3c2CN(Cc2ccsc2)CC3)c1. The van der Waals surface area contributed by atoms with E-state index < -0.39 is 0 Å². The van der Waals surface area contributed by atoms with E-state index in [4.69, 9.17) is 4.52 Å². The molecule has 3 aromatic rings. The first-order valence-electron chi connectivity index (χ1n) is 7.26. The van der Waals surface area contributed by atoms with E-state index >= 15 is 0 Å². The molecule has 0 fully saturated rings. The summed E-state index contributed by atoms with van der Waals surface area (Å²) in [6, 6.07) is 8.69. The second-order valence-corrected chi connectivity index (χ2v) is 6.32. The van der Waals surface area contributed by atoms with Crippen LogP contribution in [0.4, 0.5) is 4.39 Å². The van der Waals surface area contributed by atoms with Gasteiger partial charge in [-0.25, -0.2) is 4.39 Å². The number of thiophene rings is 1. The summed E-state index contributed by atoms with van der Waals surface area (Å²) in [4.78, 5) is 2.38. The number of hydrogen-bond donors (Lipinski definition) is 0. The standard InChI is InChI=1S/C17H15FN2OS/c18-14-3-1-2-13(8-14)17-15-10-20(6-4-16(15)21-19-17)9-12-5-7-22-11-12/h1-3,5,7-8,11H,4,6,9-10H2. The van der Waals surface area contributed by atoms with Crippen molar-refractivity contribution < 1.29 is 8.91 Å². The number of aromatic nitrogens is 1. The molecule has 2 aromatic heterocycles. The lowest BCUT2D eigenvalue weighted by atomic mass is 10.0. The topological polar surface area (TPSA) is 29.3 Å². The molecule has 0 atom stereocenters. The molecular formula is C17H15FN2OS. The maximum atomic E-state index is 13.5. The van der Waals surface area contributed by atoms with Gasteiger partial charge in [0.05, 0.1) is 0 Å². The fourth-order valence-corrected chi connectivity index (χ4v) is 3.56. The van der Waals surface area contributed by atoms with E-state index in [1.807, 2.05) is 6.07 Å². The highest BCUT2D eigenvalue weighted by atomic mass is 32.1. The summed E-state index contributed by atoms with van der Waals surface area (Å²) >= 11 is 1.72. The van der Waals surface area contributed by atoms with E-state index in [0.29, 0.717) is 0 Å². The first-order valence-corrected chi connectivity index (χ1v) is 8.20. The van der Waals surface area contributed by atoms with Crippen LogP contribution in [0.5, 0.6) is 0 Å². The average molecular weight is 314 g/mol. The normalized spacial score (nSPS) is 15.0. The average Bonchev–Trinajstić information content (AvgIpc) is 3.16. The number of nitrogens with zero attached hydrogens (tertiary/aromatic N) is 2. The minimum atomic E-state index is -0.250. The summed E-state index contributed by atoms with van der Waals surface area (Å²) in [5, 5.41) is 8.45. The summed E-state index contributed by atoms with van der Waals surface area (Å²) < 4.78 is 18.9. The predicted molar refractivity (Wildman–Crippen MR) is 84.0 cm³/mol. The van der Waals surface area contributed by atoms with Crippen LogP contribution in [0.2, 0.25) is 0 Å². The highest BCUT2D eigenvalue weighted by molar-refractivity contribution is 7.07. The van der Waals surface area contributed by atoms with Crippen LogP contribution < -0.4 is 0 Å². The van der Waals surface area contributed by atoms with E-state index in [0.717, 1.165) is 48.6 Å². The molecule has 112 valence electrons. The predicted octanol–water partition coefficient (Wildman–Crippen LogP) is 4.10. The zero-order valence-corrected chi connectivity index (χ0v) is 12.8. The molecule has 5 heteroatoms. The zero-order valence-electron chi connectivity index (χ0n) is 12.0.